The van der Waals surface area contributed by atoms with Crippen molar-refractivity contribution in [2.45, 2.75) is 50.4 Å². The summed E-state index contributed by atoms with van der Waals surface area (Å²) >= 11 is 0. The molecule has 4 N–H and O–H groups in total. The minimum absolute atomic E-state index is 0.0742. The van der Waals surface area contributed by atoms with Gasteiger partial charge in [-0.2, -0.15) is 0 Å². The molecule has 2 aromatic carbocycles. The molecule has 0 spiro atoms. The molecule has 36 heavy (non-hydrogen) atoms. The van der Waals surface area contributed by atoms with Crippen LogP contribution < -0.4 is 21.3 Å². The van der Waals surface area contributed by atoms with E-state index in [4.69, 9.17) is 5.73 Å². The molecule has 2 aliphatic rings. The zero-order valence-corrected chi connectivity index (χ0v) is 19.9. The highest BCUT2D eigenvalue weighted by Crippen LogP contribution is 2.38. The van der Waals surface area contributed by atoms with Crippen molar-refractivity contribution >= 4 is 23.5 Å². The van der Waals surface area contributed by atoms with Crippen LogP contribution in [-0.4, -0.2) is 40.8 Å². The number of nitrogens with one attached hydrogen (secondary N) is 2. The predicted molar refractivity (Wildman–Crippen MR) is 137 cm³/mol. The first kappa shape index (κ1) is 23.5. The van der Waals surface area contributed by atoms with Crippen molar-refractivity contribution < 1.29 is 14.4 Å². The molecule has 2 bridgehead atoms. The molecule has 5 rings (SSSR count). The average Bonchev–Trinajstić information content (AvgIpc) is 3.17. The standard InChI is InChI=1S/C28H29N5O3/c29-26(34)19-6-8-20(9-7-19)28(36)32-22-14-23-11-12-24(15-22)33(23)25-13-10-21(17-30-25)27(35)31-16-18-4-2-1-3-5-18/h1-10,13,17,22-24H,11-12,14-16H2,(H2,29,34)(H,31,35)(H,32,36)/t22?,23-,24+. The van der Waals surface area contributed by atoms with Crippen LogP contribution in [0.5, 0.6) is 0 Å². The summed E-state index contributed by atoms with van der Waals surface area (Å²) in [5, 5.41) is 6.09. The highest BCUT2D eigenvalue weighted by molar-refractivity contribution is 5.97. The number of hydrogen-bond acceptors (Lipinski definition) is 5. The maximum Gasteiger partial charge on any atom is 0.253 e. The van der Waals surface area contributed by atoms with Crippen LogP contribution in [0, 0.1) is 0 Å². The Hall–Kier alpha value is -4.20. The summed E-state index contributed by atoms with van der Waals surface area (Å²) in [6.07, 6.45) is 5.40. The number of benzene rings is 2. The molecular formula is C28H29N5O3. The molecule has 184 valence electrons. The third-order valence-electron chi connectivity index (χ3n) is 7.07. The molecule has 2 saturated heterocycles. The van der Waals surface area contributed by atoms with Crippen molar-refractivity contribution in [3.8, 4) is 0 Å². The van der Waals surface area contributed by atoms with Crippen molar-refractivity contribution in [1.82, 2.24) is 15.6 Å². The Balaban J connectivity index is 1.18. The number of nitrogens with zero attached hydrogens (tertiary/aromatic N) is 2. The van der Waals surface area contributed by atoms with E-state index in [1.165, 1.54) is 0 Å². The maximum absolute atomic E-state index is 12.7. The Kier molecular flexibility index (Phi) is 6.66. The summed E-state index contributed by atoms with van der Waals surface area (Å²) < 4.78 is 0. The van der Waals surface area contributed by atoms with Gasteiger partial charge in [0.1, 0.15) is 5.82 Å². The third-order valence-corrected chi connectivity index (χ3v) is 7.07. The summed E-state index contributed by atoms with van der Waals surface area (Å²) in [7, 11) is 0. The van der Waals surface area contributed by atoms with Gasteiger partial charge < -0.3 is 21.3 Å². The smallest absolute Gasteiger partial charge is 0.253 e. The number of fused-ring (bicyclic) bond motifs is 2. The minimum Gasteiger partial charge on any atom is -0.366 e. The summed E-state index contributed by atoms with van der Waals surface area (Å²) in [5.74, 6) is 0.0632. The maximum atomic E-state index is 12.7. The zero-order valence-electron chi connectivity index (χ0n) is 19.9. The lowest BCUT2D eigenvalue weighted by Crippen LogP contribution is -2.50. The number of nitrogens with two attached hydrogens (primary N) is 1. The Morgan fingerprint density at radius 2 is 1.47 bits per heavy atom. The monoisotopic (exact) mass is 483 g/mol. The number of carbonyl (C=O) groups is 3. The predicted octanol–water partition coefficient (Wildman–Crippen LogP) is 3.04. The highest BCUT2D eigenvalue weighted by Gasteiger charge is 2.41. The van der Waals surface area contributed by atoms with E-state index in [1.54, 1.807) is 30.5 Å². The van der Waals surface area contributed by atoms with Crippen LogP contribution in [0.25, 0.3) is 0 Å². The molecule has 0 radical (unpaired) electrons. The number of primary amides is 1. The van der Waals surface area contributed by atoms with Gasteiger partial charge in [0, 0.05) is 42.0 Å². The molecule has 0 aliphatic carbocycles. The molecule has 1 aromatic heterocycles. The van der Waals surface area contributed by atoms with E-state index in [0.717, 1.165) is 37.1 Å². The second-order valence-corrected chi connectivity index (χ2v) is 9.45. The van der Waals surface area contributed by atoms with Crippen LogP contribution in [0.3, 0.4) is 0 Å². The molecule has 8 heteroatoms. The molecule has 0 saturated carbocycles. The molecule has 8 nitrogen and oxygen atoms in total. The summed E-state index contributed by atoms with van der Waals surface area (Å²) in [5.41, 5.74) is 7.75. The van der Waals surface area contributed by atoms with Crippen molar-refractivity contribution in [2.24, 2.45) is 5.73 Å². The topological polar surface area (TPSA) is 117 Å². The van der Waals surface area contributed by atoms with E-state index in [0.29, 0.717) is 23.2 Å². The van der Waals surface area contributed by atoms with Gasteiger partial charge in [0.05, 0.1) is 5.56 Å². The van der Waals surface area contributed by atoms with E-state index < -0.39 is 5.91 Å². The molecule has 2 aliphatic heterocycles. The summed E-state index contributed by atoms with van der Waals surface area (Å²) in [6.45, 7) is 0.472. The average molecular weight is 484 g/mol. The molecule has 3 aromatic rings. The number of aromatic nitrogens is 1. The van der Waals surface area contributed by atoms with Crippen molar-refractivity contribution in [3.05, 3.63) is 95.2 Å². The van der Waals surface area contributed by atoms with Gasteiger partial charge in [0.25, 0.3) is 11.8 Å². The van der Waals surface area contributed by atoms with Crippen LogP contribution in [-0.2, 0) is 6.54 Å². The summed E-state index contributed by atoms with van der Waals surface area (Å²) in [4.78, 5) is 43.5. The van der Waals surface area contributed by atoms with Gasteiger partial charge in [0.2, 0.25) is 5.91 Å². The van der Waals surface area contributed by atoms with Crippen LogP contribution in [0.1, 0.15) is 62.3 Å². The molecule has 1 unspecified atom stereocenters. The van der Waals surface area contributed by atoms with Crippen LogP contribution >= 0.6 is 0 Å². The van der Waals surface area contributed by atoms with E-state index in [1.807, 2.05) is 42.5 Å². The third kappa shape index (κ3) is 5.07. The fraction of sp³-hybridized carbons (Fsp3) is 0.286. The van der Waals surface area contributed by atoms with E-state index in [2.05, 4.69) is 20.5 Å². The second kappa shape index (κ2) is 10.2. The fourth-order valence-electron chi connectivity index (χ4n) is 5.28. The van der Waals surface area contributed by atoms with Crippen molar-refractivity contribution in [3.63, 3.8) is 0 Å². The van der Waals surface area contributed by atoms with Gasteiger partial charge in [-0.15, -0.1) is 0 Å². The Morgan fingerprint density at radius 1 is 0.833 bits per heavy atom. The van der Waals surface area contributed by atoms with E-state index in [-0.39, 0.29) is 29.9 Å². The zero-order chi connectivity index (χ0) is 25.1. The summed E-state index contributed by atoms with van der Waals surface area (Å²) in [6, 6.07) is 20.6. The first-order valence-electron chi connectivity index (χ1n) is 12.2. The van der Waals surface area contributed by atoms with Crippen molar-refractivity contribution in [2.75, 3.05) is 4.90 Å². The number of pyridine rings is 1. The van der Waals surface area contributed by atoms with Crippen LogP contribution in [0.15, 0.2) is 72.9 Å². The van der Waals surface area contributed by atoms with E-state index in [9.17, 15) is 14.4 Å². The second-order valence-electron chi connectivity index (χ2n) is 9.45. The van der Waals surface area contributed by atoms with Gasteiger partial charge in [-0.1, -0.05) is 30.3 Å². The Bertz CT molecular complexity index is 1230. The highest BCUT2D eigenvalue weighted by atomic mass is 16.2. The number of anilines is 1. The number of carbonyl (C=O) groups excluding carboxylic acids is 3. The van der Waals surface area contributed by atoms with Gasteiger partial charge in [-0.25, -0.2) is 4.98 Å². The molecule has 3 atom stereocenters. The lowest BCUT2D eigenvalue weighted by molar-refractivity contribution is 0.0923. The lowest BCUT2D eigenvalue weighted by atomic mass is 9.96. The fourth-order valence-corrected chi connectivity index (χ4v) is 5.28. The molecule has 3 heterocycles. The van der Waals surface area contributed by atoms with Gasteiger partial charge in [0.15, 0.2) is 0 Å². The first-order chi connectivity index (χ1) is 17.5. The Morgan fingerprint density at radius 3 is 2.08 bits per heavy atom. The molecule has 2 fully saturated rings. The number of amides is 3. The Labute approximate surface area is 209 Å². The first-order valence-corrected chi connectivity index (χ1v) is 12.2. The molecule has 3 amide bonds. The normalized spacial score (nSPS) is 20.6. The quantitative estimate of drug-likeness (QED) is 0.478. The van der Waals surface area contributed by atoms with Crippen LogP contribution in [0.4, 0.5) is 5.82 Å². The number of piperidine rings is 1. The van der Waals surface area contributed by atoms with E-state index >= 15 is 0 Å². The van der Waals surface area contributed by atoms with Gasteiger partial charge in [-0.3, -0.25) is 14.4 Å². The lowest BCUT2D eigenvalue weighted by Gasteiger charge is -2.40. The molecular weight excluding hydrogens is 454 g/mol. The van der Waals surface area contributed by atoms with Gasteiger partial charge >= 0.3 is 0 Å². The van der Waals surface area contributed by atoms with Gasteiger partial charge in [-0.05, 0) is 67.6 Å². The number of hydrogen-bond donors (Lipinski definition) is 3. The van der Waals surface area contributed by atoms with Crippen LogP contribution in [0.2, 0.25) is 0 Å². The minimum atomic E-state index is -0.514. The SMILES string of the molecule is NC(=O)c1ccc(C(=O)NC2C[C@H]3CC[C@@H](C2)N3c2ccc(C(=O)NCc3ccccc3)cn2)cc1. The van der Waals surface area contributed by atoms with Crippen molar-refractivity contribution in [1.29, 1.82) is 0 Å². The number of rotatable bonds is 7. The largest absolute Gasteiger partial charge is 0.366 e.